The summed E-state index contributed by atoms with van der Waals surface area (Å²) in [6.45, 7) is 0. The van der Waals surface area contributed by atoms with E-state index in [9.17, 15) is 9.90 Å². The molecule has 3 rings (SSSR count). The zero-order valence-corrected chi connectivity index (χ0v) is 11.0. The lowest BCUT2D eigenvalue weighted by molar-refractivity contribution is 0.0955. The highest BCUT2D eigenvalue weighted by Crippen LogP contribution is 2.29. The summed E-state index contributed by atoms with van der Waals surface area (Å²) in [6, 6.07) is 15.9. The van der Waals surface area contributed by atoms with Gasteiger partial charge in [-0.2, -0.15) is 5.10 Å². The standard InChI is InChI=1S/C16H12N2O3/c19-15(11-6-2-1-3-7-11)18-17-10-14-12-8-4-5-9-13(12)16(20)21-14/h1-10,20H,(H,18,19)/b17-10+. The maximum atomic E-state index is 11.8. The third kappa shape index (κ3) is 2.62. The van der Waals surface area contributed by atoms with Gasteiger partial charge in [-0.3, -0.25) is 4.79 Å². The predicted octanol–water partition coefficient (Wildman–Crippen LogP) is 2.90. The molecule has 0 saturated carbocycles. The monoisotopic (exact) mass is 280 g/mol. The smallest absolute Gasteiger partial charge is 0.290 e. The molecule has 0 unspecified atom stereocenters. The van der Waals surface area contributed by atoms with E-state index in [2.05, 4.69) is 10.5 Å². The van der Waals surface area contributed by atoms with Crippen LogP contribution in [-0.4, -0.2) is 17.2 Å². The van der Waals surface area contributed by atoms with Gasteiger partial charge in [0, 0.05) is 10.9 Å². The van der Waals surface area contributed by atoms with Crippen LogP contribution < -0.4 is 5.43 Å². The molecule has 2 N–H and O–H groups in total. The van der Waals surface area contributed by atoms with Crippen LogP contribution >= 0.6 is 0 Å². The lowest BCUT2D eigenvalue weighted by atomic mass is 10.2. The summed E-state index contributed by atoms with van der Waals surface area (Å²) in [5.74, 6) is -0.0927. The van der Waals surface area contributed by atoms with Gasteiger partial charge in [0.25, 0.3) is 11.9 Å². The highest BCUT2D eigenvalue weighted by Gasteiger charge is 2.10. The summed E-state index contributed by atoms with van der Waals surface area (Å²) >= 11 is 0. The third-order valence-corrected chi connectivity index (χ3v) is 3.01. The summed E-state index contributed by atoms with van der Waals surface area (Å²) in [7, 11) is 0. The van der Waals surface area contributed by atoms with Crippen LogP contribution in [0, 0.1) is 0 Å². The van der Waals surface area contributed by atoms with E-state index in [1.165, 1.54) is 6.21 Å². The Morgan fingerprint density at radius 1 is 1.05 bits per heavy atom. The van der Waals surface area contributed by atoms with Crippen molar-refractivity contribution in [3.05, 3.63) is 65.9 Å². The van der Waals surface area contributed by atoms with Crippen LogP contribution in [0.25, 0.3) is 10.8 Å². The predicted molar refractivity (Wildman–Crippen MR) is 79.4 cm³/mol. The second kappa shape index (κ2) is 5.50. The van der Waals surface area contributed by atoms with Crippen molar-refractivity contribution in [1.29, 1.82) is 0 Å². The van der Waals surface area contributed by atoms with Gasteiger partial charge in [-0.15, -0.1) is 0 Å². The highest BCUT2D eigenvalue weighted by molar-refractivity contribution is 6.00. The minimum Gasteiger partial charge on any atom is -0.480 e. The lowest BCUT2D eigenvalue weighted by Gasteiger charge is -1.97. The largest absolute Gasteiger partial charge is 0.480 e. The van der Waals surface area contributed by atoms with E-state index in [0.29, 0.717) is 16.7 Å². The zero-order valence-electron chi connectivity index (χ0n) is 11.0. The number of benzene rings is 2. The molecular formula is C16H12N2O3. The van der Waals surface area contributed by atoms with Crippen molar-refractivity contribution in [3.63, 3.8) is 0 Å². The minimum absolute atomic E-state index is 0.165. The molecule has 0 aliphatic rings. The molecule has 1 amide bonds. The second-order valence-corrected chi connectivity index (χ2v) is 4.38. The molecule has 0 saturated heterocycles. The van der Waals surface area contributed by atoms with E-state index in [1.807, 2.05) is 12.1 Å². The second-order valence-electron chi connectivity index (χ2n) is 4.38. The number of hydrogen-bond acceptors (Lipinski definition) is 4. The number of hydrogen-bond donors (Lipinski definition) is 2. The van der Waals surface area contributed by atoms with Crippen molar-refractivity contribution in [3.8, 4) is 5.95 Å². The van der Waals surface area contributed by atoms with Crippen molar-refractivity contribution in [2.24, 2.45) is 5.10 Å². The topological polar surface area (TPSA) is 74.8 Å². The molecule has 0 bridgehead atoms. The molecule has 3 aromatic rings. The molecule has 104 valence electrons. The summed E-state index contributed by atoms with van der Waals surface area (Å²) in [6.07, 6.45) is 1.36. The zero-order chi connectivity index (χ0) is 14.7. The van der Waals surface area contributed by atoms with Crippen molar-refractivity contribution < 1.29 is 14.3 Å². The fourth-order valence-corrected chi connectivity index (χ4v) is 2.00. The number of fused-ring (bicyclic) bond motifs is 1. The molecule has 5 heteroatoms. The van der Waals surface area contributed by atoms with Crippen LogP contribution in [0.1, 0.15) is 16.1 Å². The van der Waals surface area contributed by atoms with E-state index >= 15 is 0 Å². The van der Waals surface area contributed by atoms with Crippen molar-refractivity contribution >= 4 is 22.9 Å². The molecule has 1 aromatic heterocycles. The average Bonchev–Trinajstić information content (AvgIpc) is 2.85. The maximum Gasteiger partial charge on any atom is 0.290 e. The van der Waals surface area contributed by atoms with E-state index in [4.69, 9.17) is 4.42 Å². The first kappa shape index (κ1) is 12.9. The number of rotatable bonds is 3. The molecule has 0 aliphatic heterocycles. The number of amides is 1. The van der Waals surface area contributed by atoms with Gasteiger partial charge in [0.2, 0.25) is 0 Å². The molecule has 2 aromatic carbocycles. The molecule has 0 radical (unpaired) electrons. The van der Waals surface area contributed by atoms with Gasteiger partial charge < -0.3 is 9.52 Å². The van der Waals surface area contributed by atoms with Crippen LogP contribution in [0.3, 0.4) is 0 Å². The number of carbonyl (C=O) groups excluding carboxylic acids is 1. The van der Waals surface area contributed by atoms with Gasteiger partial charge in [0.1, 0.15) is 0 Å². The van der Waals surface area contributed by atoms with Crippen LogP contribution in [0.15, 0.2) is 64.1 Å². The summed E-state index contributed by atoms with van der Waals surface area (Å²) in [5.41, 5.74) is 2.93. The number of aromatic hydroxyl groups is 1. The third-order valence-electron chi connectivity index (χ3n) is 3.01. The van der Waals surface area contributed by atoms with Gasteiger partial charge in [-0.1, -0.05) is 36.4 Å². The molecule has 5 nitrogen and oxygen atoms in total. The van der Waals surface area contributed by atoms with E-state index in [-0.39, 0.29) is 11.9 Å². The Morgan fingerprint density at radius 2 is 1.71 bits per heavy atom. The van der Waals surface area contributed by atoms with E-state index < -0.39 is 0 Å². The van der Waals surface area contributed by atoms with Gasteiger partial charge in [-0.25, -0.2) is 5.43 Å². The number of nitrogens with zero attached hydrogens (tertiary/aromatic N) is 1. The van der Waals surface area contributed by atoms with Crippen LogP contribution in [0.5, 0.6) is 5.95 Å². The van der Waals surface area contributed by atoms with E-state index in [0.717, 1.165) is 5.39 Å². The first-order valence-corrected chi connectivity index (χ1v) is 6.34. The number of hydrazone groups is 1. The minimum atomic E-state index is -0.313. The Morgan fingerprint density at radius 3 is 2.48 bits per heavy atom. The molecule has 0 atom stereocenters. The van der Waals surface area contributed by atoms with Crippen LogP contribution in [0.4, 0.5) is 0 Å². The summed E-state index contributed by atoms with van der Waals surface area (Å²) in [4.78, 5) is 11.8. The lowest BCUT2D eigenvalue weighted by Crippen LogP contribution is -2.17. The van der Waals surface area contributed by atoms with Crippen LogP contribution in [-0.2, 0) is 0 Å². The van der Waals surface area contributed by atoms with Crippen molar-refractivity contribution in [2.75, 3.05) is 0 Å². The SMILES string of the molecule is O=C(N/N=C/c1oc(O)c2ccccc12)c1ccccc1. The van der Waals surface area contributed by atoms with Crippen molar-refractivity contribution in [1.82, 2.24) is 5.43 Å². The quantitative estimate of drug-likeness (QED) is 0.572. The molecular weight excluding hydrogens is 268 g/mol. The molecule has 21 heavy (non-hydrogen) atoms. The fourth-order valence-electron chi connectivity index (χ4n) is 2.00. The first-order valence-electron chi connectivity index (χ1n) is 6.34. The van der Waals surface area contributed by atoms with Gasteiger partial charge in [-0.05, 0) is 18.2 Å². The van der Waals surface area contributed by atoms with Gasteiger partial charge in [0.15, 0.2) is 5.76 Å². The Bertz CT molecular complexity index is 807. The molecule has 0 fully saturated rings. The summed E-state index contributed by atoms with van der Waals surface area (Å²) in [5, 5.41) is 14.8. The Hall–Kier alpha value is -3.08. The van der Waals surface area contributed by atoms with Crippen LogP contribution in [0.2, 0.25) is 0 Å². The Kier molecular flexibility index (Phi) is 3.39. The molecule has 1 heterocycles. The average molecular weight is 280 g/mol. The normalized spacial score (nSPS) is 11.0. The Labute approximate surface area is 120 Å². The maximum absolute atomic E-state index is 11.8. The van der Waals surface area contributed by atoms with Crippen molar-refractivity contribution in [2.45, 2.75) is 0 Å². The summed E-state index contributed by atoms with van der Waals surface area (Å²) < 4.78 is 5.21. The molecule has 0 spiro atoms. The highest BCUT2D eigenvalue weighted by atomic mass is 16.5. The van der Waals surface area contributed by atoms with Gasteiger partial charge >= 0.3 is 0 Å². The Balaban J connectivity index is 1.78. The number of furan rings is 1. The first-order chi connectivity index (χ1) is 10.3. The fraction of sp³-hybridized carbons (Fsp3) is 0. The number of carbonyl (C=O) groups is 1. The molecule has 0 aliphatic carbocycles. The number of nitrogens with one attached hydrogen (secondary N) is 1. The van der Waals surface area contributed by atoms with Gasteiger partial charge in [0.05, 0.1) is 11.6 Å². The van der Waals surface area contributed by atoms with E-state index in [1.54, 1.807) is 42.5 Å².